The topological polar surface area (TPSA) is 142 Å². The van der Waals surface area contributed by atoms with Gasteiger partial charge in [0.05, 0.1) is 12.7 Å². The average Bonchev–Trinajstić information content (AvgIpc) is 2.28. The zero-order valence-corrected chi connectivity index (χ0v) is 12.9. The van der Waals surface area contributed by atoms with Crippen LogP contribution in [-0.4, -0.2) is 95.0 Å². The minimum Gasteiger partial charge on any atom is -0.849 e. The molecule has 1 aliphatic rings. The first-order valence-electron chi connectivity index (χ1n) is 3.66. The van der Waals surface area contributed by atoms with Crippen LogP contribution in [0.25, 0.3) is 0 Å². The minimum atomic E-state index is -4.68. The van der Waals surface area contributed by atoms with Crippen LogP contribution in [0.2, 0.25) is 0 Å². The van der Waals surface area contributed by atoms with E-state index < -0.39 is 39.0 Å². The molecule has 15 heavy (non-hydrogen) atoms. The van der Waals surface area contributed by atoms with Gasteiger partial charge in [-0.3, -0.25) is 4.52 Å². The van der Waals surface area contributed by atoms with Crippen molar-refractivity contribution in [2.24, 2.45) is 0 Å². The standard InChI is InChI=1S/C5H9O8P.Ba/c6-3-2(1-12-14(9,10)11)13-5(8)4(3)7;/h2-6H,1H2,(H2,9,10,11);/q-2;+2. The zero-order valence-electron chi connectivity index (χ0n) is 7.55. The molecule has 0 spiro atoms. The molecule has 1 saturated heterocycles. The van der Waals surface area contributed by atoms with Crippen molar-refractivity contribution < 1.29 is 38.9 Å². The van der Waals surface area contributed by atoms with Gasteiger partial charge in [0.25, 0.3) is 0 Å². The second-order valence-corrected chi connectivity index (χ2v) is 4.02. The second-order valence-electron chi connectivity index (χ2n) is 2.78. The van der Waals surface area contributed by atoms with Crippen LogP contribution in [0, 0.1) is 0 Å². The molecule has 8 nitrogen and oxygen atoms in total. The van der Waals surface area contributed by atoms with Crippen molar-refractivity contribution in [3.63, 3.8) is 0 Å². The van der Waals surface area contributed by atoms with Gasteiger partial charge in [0.2, 0.25) is 0 Å². The molecule has 1 heterocycles. The van der Waals surface area contributed by atoms with E-state index in [-0.39, 0.29) is 48.9 Å². The van der Waals surface area contributed by atoms with Crippen LogP contribution in [0.3, 0.4) is 0 Å². The Morgan fingerprint density at radius 1 is 1.40 bits per heavy atom. The molecule has 0 saturated carbocycles. The molecule has 84 valence electrons. The van der Waals surface area contributed by atoms with Gasteiger partial charge in [-0.1, -0.05) is 6.10 Å². The number of hydrogen-bond acceptors (Lipinski definition) is 6. The second kappa shape index (κ2) is 6.45. The molecule has 4 atom stereocenters. The van der Waals surface area contributed by atoms with Crippen LogP contribution in [0.15, 0.2) is 0 Å². The van der Waals surface area contributed by atoms with Crippen LogP contribution in [0.5, 0.6) is 0 Å². The largest absolute Gasteiger partial charge is 2.00 e. The van der Waals surface area contributed by atoms with E-state index in [4.69, 9.17) is 14.9 Å². The minimum absolute atomic E-state index is 0. The summed E-state index contributed by atoms with van der Waals surface area (Å²) >= 11 is 0. The first-order valence-corrected chi connectivity index (χ1v) is 5.19. The number of phosphoric ester groups is 1. The van der Waals surface area contributed by atoms with Crippen LogP contribution in [0.4, 0.5) is 0 Å². The number of ether oxygens (including phenoxy) is 1. The molecule has 1 aliphatic heterocycles. The van der Waals surface area contributed by atoms with Gasteiger partial charge in [-0.2, -0.15) is 0 Å². The molecule has 0 amide bonds. The summed E-state index contributed by atoms with van der Waals surface area (Å²) < 4.78 is 18.6. The average molecular weight is 365 g/mol. The van der Waals surface area contributed by atoms with Crippen molar-refractivity contribution in [1.82, 2.24) is 0 Å². The van der Waals surface area contributed by atoms with Crippen LogP contribution < -0.4 is 10.2 Å². The molecule has 10 heteroatoms. The van der Waals surface area contributed by atoms with Crippen LogP contribution in [-0.2, 0) is 13.8 Å². The number of phosphoric acid groups is 1. The Morgan fingerprint density at radius 3 is 2.27 bits per heavy atom. The SMILES string of the molecule is O=P(O)(O)OCC1OC([O-])C([O-])C1O.[Ba+2]. The van der Waals surface area contributed by atoms with E-state index in [0.29, 0.717) is 0 Å². The maximum absolute atomic E-state index is 10.8. The molecule has 0 aromatic heterocycles. The summed E-state index contributed by atoms with van der Waals surface area (Å²) in [5, 5.41) is 30.5. The molecule has 0 radical (unpaired) electrons. The Hall–Kier alpha value is 1.52. The molecule has 1 fully saturated rings. The molecule has 0 aromatic carbocycles. The third-order valence-electron chi connectivity index (χ3n) is 1.70. The van der Waals surface area contributed by atoms with Crippen LogP contribution >= 0.6 is 7.82 Å². The molecule has 4 unspecified atom stereocenters. The van der Waals surface area contributed by atoms with Gasteiger partial charge in [-0.05, 0) is 6.29 Å². The molecule has 1 rings (SSSR count). The van der Waals surface area contributed by atoms with E-state index >= 15 is 0 Å². The third kappa shape index (κ3) is 5.13. The summed E-state index contributed by atoms with van der Waals surface area (Å²) in [6, 6.07) is 0. The zero-order chi connectivity index (χ0) is 10.9. The Bertz CT molecular complexity index is 243. The predicted octanol–water partition coefficient (Wildman–Crippen LogP) is -4.11. The van der Waals surface area contributed by atoms with E-state index in [0.717, 1.165) is 0 Å². The van der Waals surface area contributed by atoms with Gasteiger partial charge in [0.1, 0.15) is 6.10 Å². The molecule has 0 aromatic rings. The van der Waals surface area contributed by atoms with Crippen molar-refractivity contribution in [3.8, 4) is 0 Å². The Balaban J connectivity index is 0.00000196. The van der Waals surface area contributed by atoms with Crippen molar-refractivity contribution in [2.45, 2.75) is 24.6 Å². The maximum Gasteiger partial charge on any atom is 2.00 e. The van der Waals surface area contributed by atoms with Gasteiger partial charge in [-0.15, -0.1) is 0 Å². The molecule has 0 bridgehead atoms. The number of aliphatic hydroxyl groups excluding tert-OH is 1. The van der Waals surface area contributed by atoms with Gasteiger partial charge in [0, 0.05) is 0 Å². The Labute approximate surface area is 126 Å². The summed E-state index contributed by atoms with van der Waals surface area (Å²) in [5.41, 5.74) is 0. The fourth-order valence-electron chi connectivity index (χ4n) is 1.01. The summed E-state index contributed by atoms with van der Waals surface area (Å²) in [5.74, 6) is 0. The first-order chi connectivity index (χ1) is 6.31. The smallest absolute Gasteiger partial charge is 0.849 e. The van der Waals surface area contributed by atoms with Gasteiger partial charge >= 0.3 is 56.7 Å². The quantitative estimate of drug-likeness (QED) is 0.338. The van der Waals surface area contributed by atoms with Crippen molar-refractivity contribution in [1.29, 1.82) is 0 Å². The summed E-state index contributed by atoms with van der Waals surface area (Å²) in [4.78, 5) is 16.6. The van der Waals surface area contributed by atoms with Crippen LogP contribution in [0.1, 0.15) is 0 Å². The summed E-state index contributed by atoms with van der Waals surface area (Å²) in [7, 11) is -4.68. The third-order valence-corrected chi connectivity index (χ3v) is 2.19. The maximum atomic E-state index is 10.8. The van der Waals surface area contributed by atoms with E-state index in [9.17, 15) is 14.8 Å². The molecule has 0 aliphatic carbocycles. The first kappa shape index (κ1) is 16.5. The van der Waals surface area contributed by atoms with Crippen molar-refractivity contribution in [3.05, 3.63) is 0 Å². The summed E-state index contributed by atoms with van der Waals surface area (Å²) in [6.45, 7) is -0.692. The van der Waals surface area contributed by atoms with Crippen molar-refractivity contribution >= 4 is 56.7 Å². The van der Waals surface area contributed by atoms with E-state index in [1.165, 1.54) is 0 Å². The van der Waals surface area contributed by atoms with E-state index in [2.05, 4.69) is 9.26 Å². The number of hydrogen-bond donors (Lipinski definition) is 3. The molecular weight excluding hydrogens is 356 g/mol. The molecule has 3 N–H and O–H groups in total. The number of aliphatic hydroxyl groups is 1. The Morgan fingerprint density at radius 2 is 1.93 bits per heavy atom. The van der Waals surface area contributed by atoms with E-state index in [1.54, 1.807) is 0 Å². The van der Waals surface area contributed by atoms with Gasteiger partial charge in [0.15, 0.2) is 0 Å². The fraction of sp³-hybridized carbons (Fsp3) is 1.00. The summed E-state index contributed by atoms with van der Waals surface area (Å²) in [6.07, 6.45) is -6.69. The van der Waals surface area contributed by atoms with Gasteiger partial charge in [-0.25, -0.2) is 4.57 Å². The monoisotopic (exact) mass is 366 g/mol. The fourth-order valence-corrected chi connectivity index (χ4v) is 1.35. The predicted molar refractivity (Wildman–Crippen MR) is 42.2 cm³/mol. The van der Waals surface area contributed by atoms with E-state index in [1.807, 2.05) is 0 Å². The van der Waals surface area contributed by atoms with Crippen molar-refractivity contribution in [2.75, 3.05) is 6.61 Å². The Kier molecular flexibility index (Phi) is 7.11. The molecular formula is C5H9BaO8P. The van der Waals surface area contributed by atoms with Gasteiger partial charge < -0.3 is 29.8 Å². The normalized spacial score (nSPS) is 36.3. The number of rotatable bonds is 3.